The van der Waals surface area contributed by atoms with E-state index in [1.54, 1.807) is 20.8 Å². The highest BCUT2D eigenvalue weighted by molar-refractivity contribution is 5.87. The van der Waals surface area contributed by atoms with Crippen LogP contribution in [0.4, 0.5) is 8.78 Å². The molecule has 0 bridgehead atoms. The molecule has 5 nitrogen and oxygen atoms in total. The summed E-state index contributed by atoms with van der Waals surface area (Å²) in [5, 5.41) is 16.2. The average Bonchev–Trinajstić information content (AvgIpc) is 2.73. The molecule has 20 heavy (non-hydrogen) atoms. The highest BCUT2D eigenvalue weighted by Gasteiger charge is 2.31. The SMILES string of the molecule is CC(C)(C)c1c(C(=O)O)nnn1-c1c(F)cccc1F. The summed E-state index contributed by atoms with van der Waals surface area (Å²) >= 11 is 0. The fraction of sp³-hybridized carbons (Fsp3) is 0.308. The number of rotatable bonds is 2. The second-order valence-electron chi connectivity index (χ2n) is 5.32. The van der Waals surface area contributed by atoms with Crippen LogP contribution < -0.4 is 0 Å². The van der Waals surface area contributed by atoms with Crippen molar-refractivity contribution in [2.24, 2.45) is 0 Å². The van der Waals surface area contributed by atoms with Gasteiger partial charge in [0.2, 0.25) is 0 Å². The van der Waals surface area contributed by atoms with Gasteiger partial charge in [-0.3, -0.25) is 0 Å². The molecule has 106 valence electrons. The zero-order chi connectivity index (χ0) is 15.1. The quantitative estimate of drug-likeness (QED) is 0.918. The minimum Gasteiger partial charge on any atom is -0.476 e. The Morgan fingerprint density at radius 3 is 2.25 bits per heavy atom. The summed E-state index contributed by atoms with van der Waals surface area (Å²) in [5.41, 5.74) is -1.32. The van der Waals surface area contributed by atoms with E-state index < -0.39 is 28.7 Å². The second-order valence-corrected chi connectivity index (χ2v) is 5.32. The Balaban J connectivity index is 2.80. The van der Waals surface area contributed by atoms with E-state index >= 15 is 0 Å². The van der Waals surface area contributed by atoms with Crippen LogP contribution in [0.1, 0.15) is 37.0 Å². The Morgan fingerprint density at radius 2 is 1.80 bits per heavy atom. The van der Waals surface area contributed by atoms with Gasteiger partial charge < -0.3 is 5.11 Å². The average molecular weight is 281 g/mol. The molecule has 1 aromatic carbocycles. The van der Waals surface area contributed by atoms with E-state index in [2.05, 4.69) is 10.3 Å². The molecule has 2 aromatic rings. The first kappa shape index (κ1) is 14.1. The molecule has 0 aliphatic heterocycles. The zero-order valence-electron chi connectivity index (χ0n) is 11.2. The molecule has 0 spiro atoms. The monoisotopic (exact) mass is 281 g/mol. The lowest BCUT2D eigenvalue weighted by Crippen LogP contribution is -2.22. The van der Waals surface area contributed by atoms with Gasteiger partial charge in [0.1, 0.15) is 5.69 Å². The maximum absolute atomic E-state index is 13.8. The first-order valence-corrected chi connectivity index (χ1v) is 5.87. The molecular formula is C13H13F2N3O2. The molecule has 0 aliphatic carbocycles. The molecule has 2 rings (SSSR count). The molecule has 0 saturated carbocycles. The smallest absolute Gasteiger partial charge is 0.358 e. The summed E-state index contributed by atoms with van der Waals surface area (Å²) in [6.07, 6.45) is 0. The lowest BCUT2D eigenvalue weighted by molar-refractivity contribution is 0.0687. The molecule has 0 atom stereocenters. The van der Waals surface area contributed by atoms with Crippen molar-refractivity contribution >= 4 is 5.97 Å². The van der Waals surface area contributed by atoms with Gasteiger partial charge in [-0.1, -0.05) is 32.1 Å². The molecule has 0 amide bonds. The number of hydrogen-bond donors (Lipinski definition) is 1. The van der Waals surface area contributed by atoms with E-state index in [1.165, 1.54) is 6.07 Å². The summed E-state index contributed by atoms with van der Waals surface area (Å²) in [6, 6.07) is 3.37. The maximum Gasteiger partial charge on any atom is 0.358 e. The van der Waals surface area contributed by atoms with Crippen molar-refractivity contribution in [1.82, 2.24) is 15.0 Å². The van der Waals surface area contributed by atoms with Crippen molar-refractivity contribution in [2.75, 3.05) is 0 Å². The van der Waals surface area contributed by atoms with Crippen LogP contribution in [0, 0.1) is 11.6 Å². The van der Waals surface area contributed by atoms with Gasteiger partial charge in [-0.15, -0.1) is 5.10 Å². The number of aromatic carboxylic acids is 1. The molecule has 7 heteroatoms. The van der Waals surface area contributed by atoms with Crippen LogP contribution in [0.25, 0.3) is 5.69 Å². The summed E-state index contributed by atoms with van der Waals surface area (Å²) in [6.45, 7) is 5.15. The van der Waals surface area contributed by atoms with Crippen molar-refractivity contribution in [3.8, 4) is 5.69 Å². The van der Waals surface area contributed by atoms with Crippen molar-refractivity contribution < 1.29 is 18.7 Å². The van der Waals surface area contributed by atoms with Gasteiger partial charge in [-0.2, -0.15) is 0 Å². The minimum absolute atomic E-state index is 0.133. The number of hydrogen-bond acceptors (Lipinski definition) is 3. The second kappa shape index (κ2) is 4.66. The third kappa shape index (κ3) is 2.26. The molecule has 0 fully saturated rings. The van der Waals surface area contributed by atoms with Gasteiger partial charge in [-0.25, -0.2) is 18.3 Å². The maximum atomic E-state index is 13.8. The van der Waals surface area contributed by atoms with Crippen LogP contribution in [0.15, 0.2) is 18.2 Å². The molecule has 1 N–H and O–H groups in total. The summed E-state index contributed by atoms with van der Waals surface area (Å²) < 4.78 is 28.6. The van der Waals surface area contributed by atoms with E-state index in [0.29, 0.717) is 0 Å². The molecule has 1 aromatic heterocycles. The zero-order valence-corrected chi connectivity index (χ0v) is 11.2. The largest absolute Gasteiger partial charge is 0.476 e. The van der Waals surface area contributed by atoms with E-state index in [4.69, 9.17) is 5.11 Å². The van der Waals surface area contributed by atoms with E-state index in [1.807, 2.05) is 0 Å². The Kier molecular flexibility index (Phi) is 3.29. The number of para-hydroxylation sites is 1. The van der Waals surface area contributed by atoms with Gasteiger partial charge in [0.15, 0.2) is 17.3 Å². The van der Waals surface area contributed by atoms with Gasteiger partial charge in [-0.05, 0) is 12.1 Å². The minimum atomic E-state index is -1.29. The third-order valence-corrected chi connectivity index (χ3v) is 2.73. The van der Waals surface area contributed by atoms with E-state index in [-0.39, 0.29) is 11.4 Å². The fourth-order valence-corrected chi connectivity index (χ4v) is 1.95. The van der Waals surface area contributed by atoms with Crippen LogP contribution in [0.5, 0.6) is 0 Å². The molecule has 0 saturated heterocycles. The normalized spacial score (nSPS) is 11.7. The predicted molar refractivity (Wildman–Crippen MR) is 66.9 cm³/mol. The summed E-state index contributed by atoms with van der Waals surface area (Å²) in [4.78, 5) is 11.2. The van der Waals surface area contributed by atoms with E-state index in [0.717, 1.165) is 16.8 Å². The summed E-state index contributed by atoms with van der Waals surface area (Å²) in [7, 11) is 0. The Morgan fingerprint density at radius 1 is 1.25 bits per heavy atom. The standard InChI is InChI=1S/C13H13F2N3O2/c1-13(2,3)11-9(12(19)20)16-17-18(11)10-7(14)5-4-6-8(10)15/h4-6H,1-3H3,(H,19,20). The van der Waals surface area contributed by atoms with Gasteiger partial charge in [0, 0.05) is 5.41 Å². The topological polar surface area (TPSA) is 68.0 Å². The van der Waals surface area contributed by atoms with Crippen molar-refractivity contribution in [3.05, 3.63) is 41.2 Å². The van der Waals surface area contributed by atoms with Gasteiger partial charge in [0.25, 0.3) is 0 Å². The first-order valence-electron chi connectivity index (χ1n) is 5.87. The molecule has 0 aliphatic rings. The van der Waals surface area contributed by atoms with Crippen LogP contribution in [-0.2, 0) is 5.41 Å². The first-order chi connectivity index (χ1) is 9.23. The van der Waals surface area contributed by atoms with Gasteiger partial charge >= 0.3 is 5.97 Å². The highest BCUT2D eigenvalue weighted by atomic mass is 19.1. The Labute approximate surface area is 113 Å². The lowest BCUT2D eigenvalue weighted by atomic mass is 9.90. The third-order valence-electron chi connectivity index (χ3n) is 2.73. The van der Waals surface area contributed by atoms with Crippen LogP contribution >= 0.6 is 0 Å². The molecular weight excluding hydrogens is 268 g/mol. The Bertz CT molecular complexity index is 654. The number of nitrogens with zero attached hydrogens (tertiary/aromatic N) is 3. The van der Waals surface area contributed by atoms with Crippen molar-refractivity contribution in [1.29, 1.82) is 0 Å². The van der Waals surface area contributed by atoms with Crippen LogP contribution in [-0.4, -0.2) is 26.1 Å². The number of carboxylic acid groups (broad SMARTS) is 1. The summed E-state index contributed by atoms with van der Waals surface area (Å²) in [5.74, 6) is -2.97. The molecule has 1 heterocycles. The van der Waals surface area contributed by atoms with Crippen LogP contribution in [0.2, 0.25) is 0 Å². The number of carbonyl (C=O) groups is 1. The number of carboxylic acids is 1. The molecule has 0 radical (unpaired) electrons. The van der Waals surface area contributed by atoms with Crippen molar-refractivity contribution in [2.45, 2.75) is 26.2 Å². The van der Waals surface area contributed by atoms with Crippen molar-refractivity contribution in [3.63, 3.8) is 0 Å². The molecule has 0 unspecified atom stereocenters. The van der Waals surface area contributed by atoms with Gasteiger partial charge in [0.05, 0.1) is 5.69 Å². The van der Waals surface area contributed by atoms with Crippen LogP contribution in [0.3, 0.4) is 0 Å². The number of aromatic nitrogens is 3. The Hall–Kier alpha value is -2.31. The highest BCUT2D eigenvalue weighted by Crippen LogP contribution is 2.29. The fourth-order valence-electron chi connectivity index (χ4n) is 1.95. The lowest BCUT2D eigenvalue weighted by Gasteiger charge is -2.20. The predicted octanol–water partition coefficient (Wildman–Crippen LogP) is 2.54. The number of halogens is 2. The number of benzene rings is 1. The van der Waals surface area contributed by atoms with E-state index in [9.17, 15) is 13.6 Å².